The van der Waals surface area contributed by atoms with Crippen molar-refractivity contribution in [3.05, 3.63) is 90.4 Å². The summed E-state index contributed by atoms with van der Waals surface area (Å²) in [6, 6.07) is 13.8. The molecule has 1 amide bonds. The van der Waals surface area contributed by atoms with Crippen molar-refractivity contribution >= 4 is 75.3 Å². The summed E-state index contributed by atoms with van der Waals surface area (Å²) in [6.07, 6.45) is 4.99. The number of thiophene rings is 1. The second kappa shape index (κ2) is 12.9. The Labute approximate surface area is 244 Å². The predicted octanol–water partition coefficient (Wildman–Crippen LogP) is 6.67. The van der Waals surface area contributed by atoms with Crippen molar-refractivity contribution in [2.45, 2.75) is 6.42 Å². The number of benzene rings is 2. The highest BCUT2D eigenvalue weighted by atomic mass is 35.5. The Morgan fingerprint density at radius 2 is 1.82 bits per heavy atom. The minimum Gasteiger partial charge on any atom is -0.453 e. The number of hydrogen-bond acceptors (Lipinski definition) is 6. The number of anilines is 1. The van der Waals surface area contributed by atoms with Crippen molar-refractivity contribution in [1.29, 1.82) is 0 Å². The normalized spacial score (nSPS) is 10.3. The van der Waals surface area contributed by atoms with Crippen LogP contribution in [0.2, 0.25) is 0 Å². The van der Waals surface area contributed by atoms with E-state index in [2.05, 4.69) is 20.6 Å². The third-order valence-electron chi connectivity index (χ3n) is 5.39. The van der Waals surface area contributed by atoms with Crippen molar-refractivity contribution in [3.63, 3.8) is 0 Å². The molecule has 0 bridgehead atoms. The first-order valence-electron chi connectivity index (χ1n) is 11.1. The van der Waals surface area contributed by atoms with Gasteiger partial charge in [-0.05, 0) is 42.0 Å². The standard InChI is InChI=1S/C26H19F2N5O2S2.2ClH/c1-33-11-10-30-25(33)22-14-19-24(37-22)21(8-9-29-19)35-20-7-6-16(13-18(20)28)31-26(36)32-23(34)12-15-4-2-3-5-17(15)27;;/h2-11,13-14H,12H2,1H3,(H2,31,32,34,36);2*1H. The molecule has 0 radical (unpaired) electrons. The van der Waals surface area contributed by atoms with Gasteiger partial charge in [0.05, 0.1) is 21.5 Å². The van der Waals surface area contributed by atoms with Crippen molar-refractivity contribution in [2.75, 3.05) is 5.32 Å². The molecule has 0 saturated carbocycles. The zero-order valence-corrected chi connectivity index (χ0v) is 23.4. The number of carbonyl (C=O) groups is 1. The Morgan fingerprint density at radius 3 is 2.54 bits per heavy atom. The molecule has 0 saturated heterocycles. The van der Waals surface area contributed by atoms with Gasteiger partial charge in [0.25, 0.3) is 0 Å². The first kappa shape index (κ1) is 29.9. The van der Waals surface area contributed by atoms with Gasteiger partial charge in [-0.15, -0.1) is 36.2 Å². The lowest BCUT2D eigenvalue weighted by molar-refractivity contribution is -0.119. The van der Waals surface area contributed by atoms with Gasteiger partial charge >= 0.3 is 0 Å². The number of hydrogen-bond donors (Lipinski definition) is 2. The molecule has 202 valence electrons. The molecule has 0 spiro atoms. The zero-order chi connectivity index (χ0) is 25.9. The fourth-order valence-corrected chi connectivity index (χ4v) is 4.97. The van der Waals surface area contributed by atoms with Crippen LogP contribution >= 0.6 is 48.4 Å². The van der Waals surface area contributed by atoms with Gasteiger partial charge in [-0.2, -0.15) is 0 Å². The van der Waals surface area contributed by atoms with E-state index in [1.165, 1.54) is 35.6 Å². The summed E-state index contributed by atoms with van der Waals surface area (Å²) >= 11 is 6.59. The Hall–Kier alpha value is -3.64. The van der Waals surface area contributed by atoms with Crippen LogP contribution in [0.4, 0.5) is 14.5 Å². The first-order chi connectivity index (χ1) is 17.9. The monoisotopic (exact) mass is 607 g/mol. The number of nitrogens with zero attached hydrogens (tertiary/aromatic N) is 3. The molecule has 0 unspecified atom stereocenters. The molecule has 13 heteroatoms. The predicted molar refractivity (Wildman–Crippen MR) is 157 cm³/mol. The Morgan fingerprint density at radius 1 is 1.03 bits per heavy atom. The molecule has 39 heavy (non-hydrogen) atoms. The van der Waals surface area contributed by atoms with Gasteiger partial charge in [0.1, 0.15) is 17.4 Å². The average molecular weight is 609 g/mol. The molecule has 0 fully saturated rings. The van der Waals surface area contributed by atoms with Crippen molar-refractivity contribution in [2.24, 2.45) is 7.05 Å². The summed E-state index contributed by atoms with van der Waals surface area (Å²) in [5, 5.41) is 5.18. The summed E-state index contributed by atoms with van der Waals surface area (Å²) in [6.45, 7) is 0. The smallest absolute Gasteiger partial charge is 0.230 e. The lowest BCUT2D eigenvalue weighted by Gasteiger charge is -2.12. The molecular formula is C26H21Cl2F2N5O2S2. The topological polar surface area (TPSA) is 81.1 Å². The number of rotatable bonds is 6. The number of ether oxygens (including phenoxy) is 1. The van der Waals surface area contributed by atoms with E-state index in [0.29, 0.717) is 11.4 Å². The Bertz CT molecular complexity index is 1640. The maximum atomic E-state index is 14.9. The summed E-state index contributed by atoms with van der Waals surface area (Å²) < 4.78 is 37.2. The first-order valence-corrected chi connectivity index (χ1v) is 12.3. The van der Waals surface area contributed by atoms with Crippen molar-refractivity contribution in [3.8, 4) is 22.2 Å². The van der Waals surface area contributed by atoms with E-state index in [1.807, 2.05) is 23.9 Å². The van der Waals surface area contributed by atoms with E-state index < -0.39 is 17.5 Å². The molecule has 3 aromatic heterocycles. The van der Waals surface area contributed by atoms with Gasteiger partial charge in [0.2, 0.25) is 5.91 Å². The Kier molecular flexibility index (Phi) is 9.92. The number of thiocarbonyl (C=S) groups is 1. The second-order valence-corrected chi connectivity index (χ2v) is 9.47. The van der Waals surface area contributed by atoms with Crippen LogP contribution in [0, 0.1) is 11.6 Å². The number of amides is 1. The molecule has 5 rings (SSSR count). The molecule has 0 aliphatic heterocycles. The number of carbonyl (C=O) groups excluding carboxylic acids is 1. The number of halogens is 4. The highest BCUT2D eigenvalue weighted by Crippen LogP contribution is 2.39. The van der Waals surface area contributed by atoms with Crippen LogP contribution in [0.5, 0.6) is 11.5 Å². The number of aromatic nitrogens is 3. The summed E-state index contributed by atoms with van der Waals surface area (Å²) in [5.74, 6) is -0.323. The highest BCUT2D eigenvalue weighted by molar-refractivity contribution is 7.80. The highest BCUT2D eigenvalue weighted by Gasteiger charge is 2.15. The lowest BCUT2D eigenvalue weighted by Crippen LogP contribution is -2.35. The van der Waals surface area contributed by atoms with E-state index >= 15 is 0 Å². The number of fused-ring (bicyclic) bond motifs is 1. The number of imidazole rings is 1. The SMILES string of the molecule is Cl.Cl.Cn1ccnc1-c1cc2nccc(Oc3ccc(NC(=S)NC(=O)Cc4ccccc4F)cc3F)c2s1. The fraction of sp³-hybridized carbons (Fsp3) is 0.0769. The third-order valence-corrected chi connectivity index (χ3v) is 6.73. The fourth-order valence-electron chi connectivity index (χ4n) is 3.64. The van der Waals surface area contributed by atoms with Crippen LogP contribution in [-0.2, 0) is 18.3 Å². The molecule has 7 nitrogen and oxygen atoms in total. The largest absolute Gasteiger partial charge is 0.453 e. The second-order valence-electron chi connectivity index (χ2n) is 8.01. The quantitative estimate of drug-likeness (QED) is 0.210. The van der Waals surface area contributed by atoms with Crippen LogP contribution in [-0.4, -0.2) is 25.6 Å². The number of aryl methyl sites for hydroxylation is 1. The summed E-state index contributed by atoms with van der Waals surface area (Å²) in [4.78, 5) is 21.9. The zero-order valence-electron chi connectivity index (χ0n) is 20.2. The molecular weight excluding hydrogens is 587 g/mol. The van der Waals surface area contributed by atoms with Gasteiger partial charge in [-0.1, -0.05) is 18.2 Å². The van der Waals surface area contributed by atoms with E-state index in [-0.39, 0.29) is 47.7 Å². The van der Waals surface area contributed by atoms with Gasteiger partial charge in [-0.25, -0.2) is 13.8 Å². The Balaban J connectivity index is 0.00000210. The van der Waals surface area contributed by atoms with Gasteiger partial charge < -0.3 is 19.9 Å². The maximum Gasteiger partial charge on any atom is 0.230 e. The number of nitrogens with one attached hydrogen (secondary N) is 2. The molecule has 0 atom stereocenters. The van der Waals surface area contributed by atoms with E-state index in [9.17, 15) is 13.6 Å². The molecule has 0 aliphatic carbocycles. The molecule has 2 N–H and O–H groups in total. The van der Waals surface area contributed by atoms with Crippen molar-refractivity contribution < 1.29 is 18.3 Å². The van der Waals surface area contributed by atoms with Crippen molar-refractivity contribution in [1.82, 2.24) is 19.9 Å². The average Bonchev–Trinajstić information content (AvgIpc) is 3.48. The molecule has 0 aliphatic rings. The van der Waals surface area contributed by atoms with Gasteiger partial charge in [-0.3, -0.25) is 9.78 Å². The van der Waals surface area contributed by atoms with Crippen LogP contribution in [0.15, 0.2) is 73.2 Å². The van der Waals surface area contributed by atoms with Crippen LogP contribution in [0.25, 0.3) is 20.9 Å². The van der Waals surface area contributed by atoms with E-state index in [0.717, 1.165) is 20.9 Å². The summed E-state index contributed by atoms with van der Waals surface area (Å²) in [7, 11) is 1.91. The maximum absolute atomic E-state index is 14.9. The van der Waals surface area contributed by atoms with E-state index in [1.54, 1.807) is 36.7 Å². The van der Waals surface area contributed by atoms with E-state index in [4.69, 9.17) is 17.0 Å². The minimum absolute atomic E-state index is 0. The van der Waals surface area contributed by atoms with Gasteiger partial charge in [0, 0.05) is 43.5 Å². The molecule has 5 aromatic rings. The van der Waals surface area contributed by atoms with Crippen LogP contribution < -0.4 is 15.4 Å². The van der Waals surface area contributed by atoms with Crippen LogP contribution in [0.3, 0.4) is 0 Å². The number of pyridine rings is 1. The molecule has 2 aromatic carbocycles. The summed E-state index contributed by atoms with van der Waals surface area (Å²) in [5.41, 5.74) is 1.28. The minimum atomic E-state index is -0.628. The van der Waals surface area contributed by atoms with Gasteiger partial charge in [0.15, 0.2) is 16.7 Å². The third kappa shape index (κ3) is 6.87. The lowest BCUT2D eigenvalue weighted by atomic mass is 10.1. The molecule has 3 heterocycles. The van der Waals surface area contributed by atoms with Crippen LogP contribution in [0.1, 0.15) is 5.56 Å².